The summed E-state index contributed by atoms with van der Waals surface area (Å²) in [7, 11) is 0. The Morgan fingerprint density at radius 1 is 1.47 bits per heavy atom. The number of carbonyl (C=O) groups excluding carboxylic acids is 1. The molecule has 7 heteroatoms. The molecule has 0 aliphatic heterocycles. The number of hydrogen-bond donors (Lipinski definition) is 3. The van der Waals surface area contributed by atoms with Crippen LogP contribution >= 0.6 is 0 Å². The Kier molecular flexibility index (Phi) is 3.37. The maximum Gasteiger partial charge on any atom is 0.354 e. The van der Waals surface area contributed by atoms with Crippen LogP contribution in [0.3, 0.4) is 0 Å². The topological polar surface area (TPSA) is 108 Å². The number of aromatic carboxylic acids is 1. The van der Waals surface area contributed by atoms with Crippen molar-refractivity contribution in [3.63, 3.8) is 0 Å². The SMILES string of the molecule is Cc1ccc(C(C)NC(=O)c2nc[nH]c2C(=O)O)o1. The summed E-state index contributed by atoms with van der Waals surface area (Å²) < 4.78 is 5.38. The molecule has 0 fully saturated rings. The maximum atomic E-state index is 11.9. The molecule has 0 radical (unpaired) electrons. The van der Waals surface area contributed by atoms with Crippen LogP contribution < -0.4 is 5.32 Å². The third kappa shape index (κ3) is 2.65. The van der Waals surface area contributed by atoms with Crippen LogP contribution in [0.15, 0.2) is 22.9 Å². The summed E-state index contributed by atoms with van der Waals surface area (Å²) in [5, 5.41) is 11.5. The number of hydrogen-bond acceptors (Lipinski definition) is 4. The van der Waals surface area contributed by atoms with E-state index in [-0.39, 0.29) is 17.4 Å². The van der Waals surface area contributed by atoms with Gasteiger partial charge in [-0.2, -0.15) is 0 Å². The number of furan rings is 1. The first kappa shape index (κ1) is 12.9. The third-order valence-corrected chi connectivity index (χ3v) is 2.60. The van der Waals surface area contributed by atoms with E-state index in [2.05, 4.69) is 15.3 Å². The van der Waals surface area contributed by atoms with E-state index < -0.39 is 11.9 Å². The molecule has 0 saturated heterocycles. The van der Waals surface area contributed by atoms with Crippen LogP contribution in [0.1, 0.15) is 45.5 Å². The normalized spacial score (nSPS) is 12.1. The van der Waals surface area contributed by atoms with Crippen molar-refractivity contribution >= 4 is 11.9 Å². The molecule has 2 aromatic rings. The molecule has 0 saturated carbocycles. The lowest BCUT2D eigenvalue weighted by Gasteiger charge is -2.10. The molecule has 0 aliphatic carbocycles. The minimum Gasteiger partial charge on any atom is -0.477 e. The van der Waals surface area contributed by atoms with Crippen molar-refractivity contribution in [1.82, 2.24) is 15.3 Å². The summed E-state index contributed by atoms with van der Waals surface area (Å²) in [4.78, 5) is 28.9. The van der Waals surface area contributed by atoms with E-state index in [1.54, 1.807) is 26.0 Å². The number of carboxylic acid groups (broad SMARTS) is 1. The highest BCUT2D eigenvalue weighted by molar-refractivity contribution is 6.02. The molecule has 1 amide bonds. The number of imidazole rings is 1. The lowest BCUT2D eigenvalue weighted by atomic mass is 10.2. The zero-order valence-electron chi connectivity index (χ0n) is 10.4. The standard InChI is InChI=1S/C12H13N3O4/c1-6-3-4-8(19-6)7(2)15-11(16)9-10(12(17)18)14-5-13-9/h3-5,7H,1-2H3,(H,13,14)(H,15,16)(H,17,18). The lowest BCUT2D eigenvalue weighted by Crippen LogP contribution is -2.28. The number of carbonyl (C=O) groups is 2. The van der Waals surface area contributed by atoms with Crippen molar-refractivity contribution in [3.8, 4) is 0 Å². The van der Waals surface area contributed by atoms with Crippen LogP contribution in [0.4, 0.5) is 0 Å². The number of carboxylic acids is 1. The first-order valence-corrected chi connectivity index (χ1v) is 5.63. The van der Waals surface area contributed by atoms with Crippen LogP contribution in [0.25, 0.3) is 0 Å². The van der Waals surface area contributed by atoms with Crippen molar-refractivity contribution in [1.29, 1.82) is 0 Å². The molecule has 0 aliphatic rings. The molecule has 3 N–H and O–H groups in total. The van der Waals surface area contributed by atoms with Crippen LogP contribution in [-0.2, 0) is 0 Å². The Hall–Kier alpha value is -2.57. The Morgan fingerprint density at radius 3 is 2.79 bits per heavy atom. The number of amides is 1. The molecular weight excluding hydrogens is 250 g/mol. The molecule has 1 unspecified atom stereocenters. The molecule has 2 rings (SSSR count). The number of aryl methyl sites for hydroxylation is 1. The number of H-pyrrole nitrogens is 1. The smallest absolute Gasteiger partial charge is 0.354 e. The monoisotopic (exact) mass is 263 g/mol. The summed E-state index contributed by atoms with van der Waals surface area (Å²) >= 11 is 0. The first-order chi connectivity index (χ1) is 8.99. The van der Waals surface area contributed by atoms with Gasteiger partial charge in [0.25, 0.3) is 5.91 Å². The number of aromatic amines is 1. The number of nitrogens with zero attached hydrogens (tertiary/aromatic N) is 1. The number of nitrogens with one attached hydrogen (secondary N) is 2. The van der Waals surface area contributed by atoms with Gasteiger partial charge in [-0.3, -0.25) is 4.79 Å². The predicted molar refractivity (Wildman–Crippen MR) is 64.9 cm³/mol. The molecule has 100 valence electrons. The molecule has 1 atom stereocenters. The van der Waals surface area contributed by atoms with Crippen molar-refractivity contribution in [3.05, 3.63) is 41.4 Å². The van der Waals surface area contributed by atoms with E-state index in [0.717, 1.165) is 5.76 Å². The second-order valence-corrected chi connectivity index (χ2v) is 4.07. The lowest BCUT2D eigenvalue weighted by molar-refractivity contribution is 0.0684. The molecule has 0 aromatic carbocycles. The Labute approximate surface area is 108 Å². The van der Waals surface area contributed by atoms with Gasteiger partial charge in [0.05, 0.1) is 12.4 Å². The Bertz CT molecular complexity index is 614. The molecule has 2 aromatic heterocycles. The van der Waals surface area contributed by atoms with E-state index in [1.165, 1.54) is 6.33 Å². The highest BCUT2D eigenvalue weighted by Crippen LogP contribution is 2.16. The van der Waals surface area contributed by atoms with Gasteiger partial charge >= 0.3 is 5.97 Å². The van der Waals surface area contributed by atoms with E-state index >= 15 is 0 Å². The molecule has 0 spiro atoms. The first-order valence-electron chi connectivity index (χ1n) is 5.63. The fourth-order valence-electron chi connectivity index (χ4n) is 1.65. The summed E-state index contributed by atoms with van der Waals surface area (Å²) in [6.45, 7) is 3.54. The highest BCUT2D eigenvalue weighted by Gasteiger charge is 2.22. The predicted octanol–water partition coefficient (Wildman–Crippen LogP) is 1.50. The minimum absolute atomic E-state index is 0.150. The summed E-state index contributed by atoms with van der Waals surface area (Å²) in [5.41, 5.74) is -0.386. The summed E-state index contributed by atoms with van der Waals surface area (Å²) in [6, 6.07) is 3.16. The zero-order chi connectivity index (χ0) is 14.0. The van der Waals surface area contributed by atoms with E-state index in [4.69, 9.17) is 9.52 Å². The zero-order valence-corrected chi connectivity index (χ0v) is 10.4. The van der Waals surface area contributed by atoms with Crippen molar-refractivity contribution in [2.75, 3.05) is 0 Å². The van der Waals surface area contributed by atoms with E-state index in [1.807, 2.05) is 0 Å². The molecule has 2 heterocycles. The second kappa shape index (κ2) is 4.97. The highest BCUT2D eigenvalue weighted by atomic mass is 16.4. The fraction of sp³-hybridized carbons (Fsp3) is 0.250. The average Bonchev–Trinajstić information content (AvgIpc) is 2.96. The van der Waals surface area contributed by atoms with Gasteiger partial charge in [-0.1, -0.05) is 0 Å². The van der Waals surface area contributed by atoms with Crippen LogP contribution in [0.2, 0.25) is 0 Å². The molecule has 19 heavy (non-hydrogen) atoms. The average molecular weight is 263 g/mol. The van der Waals surface area contributed by atoms with Crippen LogP contribution in [0, 0.1) is 6.92 Å². The Morgan fingerprint density at radius 2 is 2.21 bits per heavy atom. The third-order valence-electron chi connectivity index (χ3n) is 2.60. The van der Waals surface area contributed by atoms with Gasteiger partial charge in [-0.05, 0) is 26.0 Å². The van der Waals surface area contributed by atoms with E-state index in [9.17, 15) is 9.59 Å². The number of rotatable bonds is 4. The van der Waals surface area contributed by atoms with Gasteiger partial charge in [-0.25, -0.2) is 9.78 Å². The van der Waals surface area contributed by atoms with Gasteiger partial charge in [-0.15, -0.1) is 0 Å². The van der Waals surface area contributed by atoms with E-state index in [0.29, 0.717) is 5.76 Å². The minimum atomic E-state index is -1.23. The van der Waals surface area contributed by atoms with Crippen LogP contribution in [0.5, 0.6) is 0 Å². The van der Waals surface area contributed by atoms with Gasteiger partial charge in [0.1, 0.15) is 11.5 Å². The van der Waals surface area contributed by atoms with Crippen molar-refractivity contribution in [2.24, 2.45) is 0 Å². The van der Waals surface area contributed by atoms with Gasteiger partial charge in [0.2, 0.25) is 0 Å². The maximum absolute atomic E-state index is 11.9. The summed E-state index contributed by atoms with van der Waals surface area (Å²) in [6.07, 6.45) is 1.17. The fourth-order valence-corrected chi connectivity index (χ4v) is 1.65. The van der Waals surface area contributed by atoms with Crippen LogP contribution in [-0.4, -0.2) is 27.0 Å². The van der Waals surface area contributed by atoms with Gasteiger partial charge in [0.15, 0.2) is 11.4 Å². The van der Waals surface area contributed by atoms with Gasteiger partial charge < -0.3 is 19.8 Å². The van der Waals surface area contributed by atoms with Gasteiger partial charge in [0, 0.05) is 0 Å². The Balaban J connectivity index is 2.13. The molecule has 0 bridgehead atoms. The summed E-state index contributed by atoms with van der Waals surface area (Å²) in [5.74, 6) is -0.468. The second-order valence-electron chi connectivity index (χ2n) is 4.07. The molecular formula is C12H13N3O4. The molecule has 7 nitrogen and oxygen atoms in total. The quantitative estimate of drug-likeness (QED) is 0.774. The number of aromatic nitrogens is 2. The van der Waals surface area contributed by atoms with Crippen molar-refractivity contribution in [2.45, 2.75) is 19.9 Å². The largest absolute Gasteiger partial charge is 0.477 e. The van der Waals surface area contributed by atoms with Crippen molar-refractivity contribution < 1.29 is 19.1 Å².